The predicted octanol–water partition coefficient (Wildman–Crippen LogP) is 5.02. The molecule has 0 radical (unpaired) electrons. The SMILES string of the molecule is Nc1nc2c(s1)-c1c(c(-c3cccnc3)nn1-c1ccc(C(=O)N3CCCCC3)cc1Cl)CC2. The molecule has 2 aliphatic rings. The molecule has 0 bridgehead atoms. The van der Waals surface area contributed by atoms with Gasteiger partial charge in [-0.25, -0.2) is 9.67 Å². The molecule has 1 amide bonds. The molecule has 4 heterocycles. The number of piperidine rings is 1. The largest absolute Gasteiger partial charge is 0.375 e. The maximum atomic E-state index is 13.0. The average molecular weight is 491 g/mol. The van der Waals surface area contributed by atoms with Crippen molar-refractivity contribution < 1.29 is 4.79 Å². The molecule has 3 aromatic heterocycles. The molecule has 2 N–H and O–H groups in total. The van der Waals surface area contributed by atoms with Gasteiger partial charge in [-0.2, -0.15) is 5.10 Å². The Hall–Kier alpha value is -3.23. The first-order valence-corrected chi connectivity index (χ1v) is 12.7. The molecule has 1 saturated heterocycles. The molecule has 172 valence electrons. The third kappa shape index (κ3) is 3.58. The number of thiazole rings is 1. The van der Waals surface area contributed by atoms with E-state index in [1.165, 1.54) is 17.8 Å². The molecule has 1 aliphatic heterocycles. The van der Waals surface area contributed by atoms with Crippen LogP contribution in [-0.4, -0.2) is 43.6 Å². The quantitative estimate of drug-likeness (QED) is 0.435. The Morgan fingerprint density at radius 2 is 1.97 bits per heavy atom. The van der Waals surface area contributed by atoms with Gasteiger partial charge in [-0.3, -0.25) is 9.78 Å². The van der Waals surface area contributed by atoms with Gasteiger partial charge in [0.2, 0.25) is 0 Å². The molecule has 0 unspecified atom stereocenters. The Bertz CT molecular complexity index is 1390. The summed E-state index contributed by atoms with van der Waals surface area (Å²) in [6.07, 6.45) is 8.47. The van der Waals surface area contributed by atoms with E-state index in [1.54, 1.807) is 12.3 Å². The van der Waals surface area contributed by atoms with Crippen LogP contribution in [-0.2, 0) is 12.8 Å². The number of nitrogens with zero attached hydrogens (tertiary/aromatic N) is 5. The molecule has 0 saturated carbocycles. The van der Waals surface area contributed by atoms with Crippen molar-refractivity contribution in [3.63, 3.8) is 0 Å². The number of amides is 1. The van der Waals surface area contributed by atoms with Crippen molar-refractivity contribution in [3.8, 4) is 27.5 Å². The van der Waals surface area contributed by atoms with Gasteiger partial charge in [-0.15, -0.1) is 0 Å². The molecule has 34 heavy (non-hydrogen) atoms. The molecule has 7 nitrogen and oxygen atoms in total. The van der Waals surface area contributed by atoms with Crippen LogP contribution < -0.4 is 5.73 Å². The average Bonchev–Trinajstić information content (AvgIpc) is 3.44. The molecule has 0 atom stereocenters. The molecule has 1 aliphatic carbocycles. The number of rotatable bonds is 3. The highest BCUT2D eigenvalue weighted by Gasteiger charge is 2.30. The highest BCUT2D eigenvalue weighted by Crippen LogP contribution is 2.44. The maximum Gasteiger partial charge on any atom is 0.253 e. The second-order valence-corrected chi connectivity index (χ2v) is 10.1. The smallest absolute Gasteiger partial charge is 0.253 e. The zero-order valence-electron chi connectivity index (χ0n) is 18.5. The van der Waals surface area contributed by atoms with Gasteiger partial charge in [0, 0.05) is 42.2 Å². The second-order valence-electron chi connectivity index (χ2n) is 8.68. The number of hydrogen-bond acceptors (Lipinski definition) is 6. The van der Waals surface area contributed by atoms with Crippen LogP contribution in [0.3, 0.4) is 0 Å². The van der Waals surface area contributed by atoms with E-state index in [-0.39, 0.29) is 5.91 Å². The number of likely N-dealkylation sites (tertiary alicyclic amines) is 1. The van der Waals surface area contributed by atoms with Crippen LogP contribution in [0.4, 0.5) is 5.13 Å². The number of halogens is 1. The maximum absolute atomic E-state index is 13.0. The zero-order chi connectivity index (χ0) is 23.2. The van der Waals surface area contributed by atoms with Crippen molar-refractivity contribution in [1.82, 2.24) is 24.6 Å². The fourth-order valence-corrected chi connectivity index (χ4v) is 6.09. The number of nitrogen functional groups attached to an aromatic ring is 1. The molecule has 4 aromatic rings. The lowest BCUT2D eigenvalue weighted by molar-refractivity contribution is 0.0724. The Morgan fingerprint density at radius 3 is 2.74 bits per heavy atom. The summed E-state index contributed by atoms with van der Waals surface area (Å²) < 4.78 is 1.88. The van der Waals surface area contributed by atoms with E-state index in [1.807, 2.05) is 40.0 Å². The van der Waals surface area contributed by atoms with Gasteiger partial charge in [-0.05, 0) is 62.4 Å². The summed E-state index contributed by atoms with van der Waals surface area (Å²) in [5.41, 5.74) is 12.3. The summed E-state index contributed by atoms with van der Waals surface area (Å²) in [6, 6.07) is 9.42. The normalized spacial score (nSPS) is 15.1. The number of benzene rings is 1. The van der Waals surface area contributed by atoms with E-state index in [4.69, 9.17) is 22.4 Å². The number of anilines is 1. The first-order chi connectivity index (χ1) is 16.6. The third-order valence-electron chi connectivity index (χ3n) is 6.53. The van der Waals surface area contributed by atoms with E-state index in [9.17, 15) is 4.79 Å². The lowest BCUT2D eigenvalue weighted by Gasteiger charge is -2.27. The summed E-state index contributed by atoms with van der Waals surface area (Å²) >= 11 is 8.27. The van der Waals surface area contributed by atoms with Crippen LogP contribution in [0.15, 0.2) is 42.7 Å². The first kappa shape index (κ1) is 21.3. The fourth-order valence-electron chi connectivity index (χ4n) is 4.89. The highest BCUT2D eigenvalue weighted by molar-refractivity contribution is 7.18. The number of aromatic nitrogens is 4. The van der Waals surface area contributed by atoms with Crippen LogP contribution in [0.1, 0.15) is 40.9 Å². The molecular weight excluding hydrogens is 468 g/mol. The summed E-state index contributed by atoms with van der Waals surface area (Å²) in [5, 5.41) is 6.03. The zero-order valence-corrected chi connectivity index (χ0v) is 20.1. The Morgan fingerprint density at radius 1 is 1.12 bits per heavy atom. The van der Waals surface area contributed by atoms with Crippen molar-refractivity contribution in [2.24, 2.45) is 0 Å². The molecular formula is C25H23ClN6OS. The van der Waals surface area contributed by atoms with Crippen LogP contribution in [0.2, 0.25) is 5.02 Å². The van der Waals surface area contributed by atoms with Crippen molar-refractivity contribution in [1.29, 1.82) is 0 Å². The minimum Gasteiger partial charge on any atom is -0.375 e. The topological polar surface area (TPSA) is 89.9 Å². The van der Waals surface area contributed by atoms with Crippen molar-refractivity contribution in [2.45, 2.75) is 32.1 Å². The van der Waals surface area contributed by atoms with Gasteiger partial charge >= 0.3 is 0 Å². The highest BCUT2D eigenvalue weighted by atomic mass is 35.5. The monoisotopic (exact) mass is 490 g/mol. The molecule has 6 rings (SSSR count). The predicted molar refractivity (Wildman–Crippen MR) is 134 cm³/mol. The van der Waals surface area contributed by atoms with E-state index in [0.717, 1.165) is 77.5 Å². The van der Waals surface area contributed by atoms with Crippen LogP contribution >= 0.6 is 22.9 Å². The summed E-state index contributed by atoms with van der Waals surface area (Å²) in [7, 11) is 0. The number of carbonyl (C=O) groups is 1. The minimum absolute atomic E-state index is 0.0317. The Labute approximate surface area is 206 Å². The van der Waals surface area contributed by atoms with Gasteiger partial charge < -0.3 is 10.6 Å². The Balaban J connectivity index is 1.47. The fraction of sp³-hybridized carbons (Fsp3) is 0.280. The number of carbonyl (C=O) groups excluding carboxylic acids is 1. The van der Waals surface area contributed by atoms with Crippen molar-refractivity contribution in [2.75, 3.05) is 18.8 Å². The van der Waals surface area contributed by atoms with Gasteiger partial charge in [-0.1, -0.05) is 22.9 Å². The third-order valence-corrected chi connectivity index (χ3v) is 7.76. The van der Waals surface area contributed by atoms with E-state index < -0.39 is 0 Å². The second kappa shape index (κ2) is 8.52. The molecule has 1 aromatic carbocycles. The first-order valence-electron chi connectivity index (χ1n) is 11.5. The lowest BCUT2D eigenvalue weighted by atomic mass is 9.95. The minimum atomic E-state index is 0.0317. The summed E-state index contributed by atoms with van der Waals surface area (Å²) in [6.45, 7) is 1.60. The molecule has 1 fully saturated rings. The van der Waals surface area contributed by atoms with E-state index >= 15 is 0 Å². The van der Waals surface area contributed by atoms with E-state index in [0.29, 0.717) is 15.7 Å². The number of hydrogen-bond donors (Lipinski definition) is 1. The molecule has 9 heteroatoms. The van der Waals surface area contributed by atoms with Gasteiger partial charge in [0.05, 0.1) is 32.7 Å². The summed E-state index contributed by atoms with van der Waals surface area (Å²) in [5.74, 6) is 0.0317. The number of aryl methyl sites for hydroxylation is 1. The summed E-state index contributed by atoms with van der Waals surface area (Å²) in [4.78, 5) is 24.8. The Kier molecular flexibility index (Phi) is 5.34. The van der Waals surface area contributed by atoms with Gasteiger partial charge in [0.25, 0.3) is 5.91 Å². The molecule has 0 spiro atoms. The van der Waals surface area contributed by atoms with Crippen LogP contribution in [0.5, 0.6) is 0 Å². The van der Waals surface area contributed by atoms with Gasteiger partial charge in [0.15, 0.2) is 5.13 Å². The van der Waals surface area contributed by atoms with Crippen molar-refractivity contribution >= 4 is 34.0 Å². The lowest BCUT2D eigenvalue weighted by Crippen LogP contribution is -2.35. The number of pyridine rings is 1. The number of fused-ring (bicyclic) bond motifs is 3. The standard InChI is InChI=1S/C25H23ClN6OS/c26-18-13-15(24(33)31-11-2-1-3-12-31)6-9-20(18)32-22-17(7-8-19-23(22)34-25(27)29-19)21(30-32)16-5-4-10-28-14-16/h4-6,9-10,13-14H,1-3,7-8,11-12H2,(H2,27,29). The van der Waals surface area contributed by atoms with Gasteiger partial charge in [0.1, 0.15) is 0 Å². The van der Waals surface area contributed by atoms with Crippen LogP contribution in [0.25, 0.3) is 27.5 Å². The van der Waals surface area contributed by atoms with E-state index in [2.05, 4.69) is 9.97 Å². The van der Waals surface area contributed by atoms with Crippen molar-refractivity contribution in [3.05, 3.63) is 64.6 Å². The van der Waals surface area contributed by atoms with Crippen LogP contribution in [0, 0.1) is 0 Å². The number of nitrogens with two attached hydrogens (primary N) is 1.